The van der Waals surface area contributed by atoms with Crippen molar-refractivity contribution in [3.63, 3.8) is 0 Å². The Bertz CT molecular complexity index is 598. The summed E-state index contributed by atoms with van der Waals surface area (Å²) in [6, 6.07) is 8.11. The molecule has 0 radical (unpaired) electrons. The number of amides is 3. The predicted molar refractivity (Wildman–Crippen MR) is 106 cm³/mol. The molecule has 1 saturated heterocycles. The Kier molecular flexibility index (Phi) is 8.39. The van der Waals surface area contributed by atoms with Crippen LogP contribution in [0.5, 0.6) is 5.75 Å². The van der Waals surface area contributed by atoms with E-state index in [9.17, 15) is 9.59 Å². The van der Waals surface area contributed by atoms with E-state index in [1.165, 1.54) is 5.56 Å². The number of piperazine rings is 1. The molecule has 1 aliphatic rings. The molecule has 3 amide bonds. The van der Waals surface area contributed by atoms with Crippen LogP contribution in [-0.4, -0.2) is 74.2 Å². The second-order valence-corrected chi connectivity index (χ2v) is 6.95. The molecule has 7 heteroatoms. The minimum Gasteiger partial charge on any atom is -0.497 e. The summed E-state index contributed by atoms with van der Waals surface area (Å²) in [6.07, 6.45) is 1.79. The van der Waals surface area contributed by atoms with Gasteiger partial charge in [0.15, 0.2) is 0 Å². The fourth-order valence-corrected chi connectivity index (χ4v) is 3.11. The Morgan fingerprint density at radius 3 is 2.41 bits per heavy atom. The number of nitrogens with one attached hydrogen (secondary N) is 2. The zero-order chi connectivity index (χ0) is 19.6. The van der Waals surface area contributed by atoms with Crippen LogP contribution in [0.4, 0.5) is 4.79 Å². The molecule has 1 atom stereocenters. The van der Waals surface area contributed by atoms with Crippen molar-refractivity contribution in [3.05, 3.63) is 29.8 Å². The molecule has 1 fully saturated rings. The van der Waals surface area contributed by atoms with Crippen molar-refractivity contribution < 1.29 is 14.3 Å². The number of carbonyl (C=O) groups is 2. The van der Waals surface area contributed by atoms with Crippen LogP contribution in [0.1, 0.15) is 25.8 Å². The maximum Gasteiger partial charge on any atom is 0.317 e. The van der Waals surface area contributed by atoms with E-state index in [0.717, 1.165) is 31.7 Å². The van der Waals surface area contributed by atoms with E-state index in [1.54, 1.807) is 7.11 Å². The SMILES string of the molecule is CCNC(=O)CN1CCN(C(=O)NC(C)CCc2ccc(OC)cc2)CC1. The number of hydrogen-bond donors (Lipinski definition) is 2. The summed E-state index contributed by atoms with van der Waals surface area (Å²) in [5.74, 6) is 0.897. The minimum atomic E-state index is -0.0186. The fraction of sp³-hybridized carbons (Fsp3) is 0.600. The van der Waals surface area contributed by atoms with Crippen LogP contribution < -0.4 is 15.4 Å². The number of ether oxygens (including phenoxy) is 1. The molecule has 1 aromatic rings. The van der Waals surface area contributed by atoms with Gasteiger partial charge < -0.3 is 20.3 Å². The molecule has 2 rings (SSSR count). The summed E-state index contributed by atoms with van der Waals surface area (Å²) in [5, 5.41) is 5.89. The van der Waals surface area contributed by atoms with Crippen molar-refractivity contribution in [1.29, 1.82) is 0 Å². The lowest BCUT2D eigenvalue weighted by atomic mass is 10.1. The third kappa shape index (κ3) is 7.09. The zero-order valence-corrected chi connectivity index (χ0v) is 16.7. The average Bonchev–Trinajstić information content (AvgIpc) is 2.67. The lowest BCUT2D eigenvalue weighted by molar-refractivity contribution is -0.122. The van der Waals surface area contributed by atoms with Crippen LogP contribution >= 0.6 is 0 Å². The standard InChI is InChI=1S/C20H32N4O3/c1-4-21-19(25)15-23-11-13-24(14-12-23)20(26)22-16(2)5-6-17-7-9-18(27-3)10-8-17/h7-10,16H,4-6,11-15H2,1-3H3,(H,21,25)(H,22,26). The molecule has 1 aromatic carbocycles. The third-order valence-corrected chi connectivity index (χ3v) is 4.80. The molecule has 0 aromatic heterocycles. The second-order valence-electron chi connectivity index (χ2n) is 6.95. The van der Waals surface area contributed by atoms with Crippen LogP contribution in [-0.2, 0) is 11.2 Å². The number of nitrogens with zero attached hydrogens (tertiary/aromatic N) is 2. The molecule has 0 saturated carbocycles. The van der Waals surface area contributed by atoms with Crippen LogP contribution in [0.25, 0.3) is 0 Å². The molecule has 0 bridgehead atoms. The van der Waals surface area contributed by atoms with Gasteiger partial charge in [0.05, 0.1) is 13.7 Å². The van der Waals surface area contributed by atoms with E-state index < -0.39 is 0 Å². The maximum atomic E-state index is 12.4. The summed E-state index contributed by atoms with van der Waals surface area (Å²) >= 11 is 0. The van der Waals surface area contributed by atoms with Crippen LogP contribution in [0.2, 0.25) is 0 Å². The summed E-state index contributed by atoms with van der Waals surface area (Å²) < 4.78 is 5.17. The van der Waals surface area contributed by atoms with Gasteiger partial charge in [0.25, 0.3) is 0 Å². The van der Waals surface area contributed by atoms with E-state index >= 15 is 0 Å². The molecular formula is C20H32N4O3. The Hall–Kier alpha value is -2.28. The summed E-state index contributed by atoms with van der Waals surface area (Å²) in [4.78, 5) is 28.0. The number of rotatable bonds is 8. The molecule has 1 aliphatic heterocycles. The van der Waals surface area contributed by atoms with Gasteiger partial charge in [0.2, 0.25) is 5.91 Å². The largest absolute Gasteiger partial charge is 0.497 e. The Morgan fingerprint density at radius 1 is 1.15 bits per heavy atom. The summed E-state index contributed by atoms with van der Waals surface area (Å²) in [6.45, 7) is 7.75. The average molecular weight is 377 g/mol. The number of likely N-dealkylation sites (N-methyl/N-ethyl adjacent to an activating group) is 1. The van der Waals surface area contributed by atoms with Crippen molar-refractivity contribution in [3.8, 4) is 5.75 Å². The van der Waals surface area contributed by atoms with Crippen molar-refractivity contribution in [2.45, 2.75) is 32.7 Å². The van der Waals surface area contributed by atoms with Crippen LogP contribution in [0.15, 0.2) is 24.3 Å². The van der Waals surface area contributed by atoms with Crippen molar-refractivity contribution in [1.82, 2.24) is 20.4 Å². The van der Waals surface area contributed by atoms with Crippen LogP contribution in [0, 0.1) is 0 Å². The number of carbonyl (C=O) groups excluding carboxylic acids is 2. The van der Waals surface area contributed by atoms with E-state index in [2.05, 4.69) is 27.7 Å². The van der Waals surface area contributed by atoms with Gasteiger partial charge in [0, 0.05) is 38.8 Å². The van der Waals surface area contributed by atoms with E-state index in [1.807, 2.05) is 30.9 Å². The number of methoxy groups -OCH3 is 1. The second kappa shape index (κ2) is 10.8. The molecule has 0 spiro atoms. The normalized spacial score (nSPS) is 15.9. The first-order valence-electron chi connectivity index (χ1n) is 9.69. The van der Waals surface area contributed by atoms with Crippen molar-refractivity contribution in [2.24, 2.45) is 0 Å². The molecule has 1 unspecified atom stereocenters. The smallest absolute Gasteiger partial charge is 0.317 e. The van der Waals surface area contributed by atoms with Crippen molar-refractivity contribution >= 4 is 11.9 Å². The molecule has 150 valence electrons. The van der Waals surface area contributed by atoms with E-state index in [-0.39, 0.29) is 18.0 Å². The highest BCUT2D eigenvalue weighted by Gasteiger charge is 2.23. The fourth-order valence-electron chi connectivity index (χ4n) is 3.11. The highest BCUT2D eigenvalue weighted by atomic mass is 16.5. The first kappa shape index (κ1) is 21.0. The Labute approximate surface area is 162 Å². The molecule has 27 heavy (non-hydrogen) atoms. The van der Waals surface area contributed by atoms with Crippen LogP contribution in [0.3, 0.4) is 0 Å². The van der Waals surface area contributed by atoms with Gasteiger partial charge in [-0.25, -0.2) is 4.79 Å². The van der Waals surface area contributed by atoms with Gasteiger partial charge in [-0.15, -0.1) is 0 Å². The summed E-state index contributed by atoms with van der Waals surface area (Å²) in [7, 11) is 1.66. The van der Waals surface area contributed by atoms with Gasteiger partial charge in [-0.05, 0) is 44.4 Å². The van der Waals surface area contributed by atoms with Gasteiger partial charge in [0.1, 0.15) is 5.75 Å². The maximum absolute atomic E-state index is 12.4. The molecule has 7 nitrogen and oxygen atoms in total. The number of benzene rings is 1. The van der Waals surface area contributed by atoms with Gasteiger partial charge in [-0.3, -0.25) is 9.69 Å². The van der Waals surface area contributed by atoms with Gasteiger partial charge in [-0.1, -0.05) is 12.1 Å². The third-order valence-electron chi connectivity index (χ3n) is 4.80. The number of aryl methyl sites for hydroxylation is 1. The first-order valence-corrected chi connectivity index (χ1v) is 9.69. The topological polar surface area (TPSA) is 73.9 Å². The lowest BCUT2D eigenvalue weighted by Gasteiger charge is -2.34. The Balaban J connectivity index is 1.68. The molecular weight excluding hydrogens is 344 g/mol. The number of hydrogen-bond acceptors (Lipinski definition) is 4. The predicted octanol–water partition coefficient (Wildman–Crippen LogP) is 1.48. The zero-order valence-electron chi connectivity index (χ0n) is 16.7. The molecule has 0 aliphatic carbocycles. The highest BCUT2D eigenvalue weighted by molar-refractivity contribution is 5.78. The lowest BCUT2D eigenvalue weighted by Crippen LogP contribution is -2.54. The summed E-state index contributed by atoms with van der Waals surface area (Å²) in [5.41, 5.74) is 1.23. The first-order chi connectivity index (χ1) is 13.0. The van der Waals surface area contributed by atoms with E-state index in [0.29, 0.717) is 26.2 Å². The Morgan fingerprint density at radius 2 is 1.81 bits per heavy atom. The van der Waals surface area contributed by atoms with Gasteiger partial charge >= 0.3 is 6.03 Å². The quantitative estimate of drug-likeness (QED) is 0.721. The molecule has 1 heterocycles. The number of urea groups is 1. The van der Waals surface area contributed by atoms with Gasteiger partial charge in [-0.2, -0.15) is 0 Å². The molecule has 2 N–H and O–H groups in total. The van der Waals surface area contributed by atoms with E-state index in [4.69, 9.17) is 4.74 Å². The minimum absolute atomic E-state index is 0.0186. The van der Waals surface area contributed by atoms with Crippen molar-refractivity contribution in [2.75, 3.05) is 46.4 Å². The monoisotopic (exact) mass is 376 g/mol. The highest BCUT2D eigenvalue weighted by Crippen LogP contribution is 2.13.